The summed E-state index contributed by atoms with van der Waals surface area (Å²) in [6.07, 6.45) is 4.48. The maximum atomic E-state index is 11.2. The zero-order chi connectivity index (χ0) is 14.8. The number of benzene rings is 1. The minimum Gasteiger partial charge on any atom is -0.303 e. The van der Waals surface area contributed by atoms with E-state index >= 15 is 0 Å². The molecular weight excluding hydrogens is 328 g/mol. The lowest BCUT2D eigenvalue weighted by molar-refractivity contribution is 0.112. The molecule has 0 saturated carbocycles. The van der Waals surface area contributed by atoms with Gasteiger partial charge in [0.2, 0.25) is 0 Å². The van der Waals surface area contributed by atoms with Crippen molar-refractivity contribution in [2.75, 3.05) is 0 Å². The molecule has 3 aromatic rings. The van der Waals surface area contributed by atoms with E-state index in [1.54, 1.807) is 0 Å². The molecule has 0 spiro atoms. The lowest BCUT2D eigenvalue weighted by Gasteiger charge is -2.03. The molecule has 3 rings (SSSR count). The molecule has 3 nitrogen and oxygen atoms in total. The summed E-state index contributed by atoms with van der Waals surface area (Å²) in [7, 11) is 0. The number of pyridine rings is 1. The average molecular weight is 343 g/mol. The average Bonchev–Trinajstić information content (AvgIpc) is 2.84. The van der Waals surface area contributed by atoms with Crippen LogP contribution < -0.4 is 0 Å². The molecule has 2 heterocycles. The molecule has 1 aromatic carbocycles. The molecular formula is C17H15BrN2O. The zero-order valence-corrected chi connectivity index (χ0v) is 13.3. The molecule has 0 radical (unpaired) electrons. The standard InChI is InChI=1S/C17H15BrN2O/c1-12-2-4-13(5-3-12)6-7-17-19-15(11-21)16-10-14(18)8-9-20(16)17/h2-5,8-11H,6-7H2,1H3. The molecule has 0 bridgehead atoms. The van der Waals surface area contributed by atoms with E-state index in [4.69, 9.17) is 0 Å². The number of rotatable bonds is 4. The second-order valence-corrected chi connectivity index (χ2v) is 6.03. The van der Waals surface area contributed by atoms with Gasteiger partial charge in [-0.2, -0.15) is 0 Å². The highest BCUT2D eigenvalue weighted by Crippen LogP contribution is 2.19. The van der Waals surface area contributed by atoms with Crippen LogP contribution in [0.1, 0.15) is 27.4 Å². The molecule has 21 heavy (non-hydrogen) atoms. The maximum absolute atomic E-state index is 11.2. The van der Waals surface area contributed by atoms with Crippen molar-refractivity contribution in [3.8, 4) is 0 Å². The van der Waals surface area contributed by atoms with Crippen LogP contribution in [-0.2, 0) is 12.8 Å². The Labute approximate surface area is 131 Å². The van der Waals surface area contributed by atoms with Gasteiger partial charge in [-0.15, -0.1) is 0 Å². The first-order valence-corrected chi connectivity index (χ1v) is 7.64. The molecule has 0 aliphatic carbocycles. The fourth-order valence-electron chi connectivity index (χ4n) is 2.42. The number of hydrogen-bond acceptors (Lipinski definition) is 2. The van der Waals surface area contributed by atoms with Crippen molar-refractivity contribution >= 4 is 27.7 Å². The molecule has 4 heteroatoms. The third kappa shape index (κ3) is 2.90. The van der Waals surface area contributed by atoms with Gasteiger partial charge in [0, 0.05) is 17.1 Å². The molecule has 0 N–H and O–H groups in total. The van der Waals surface area contributed by atoms with Gasteiger partial charge in [-0.3, -0.25) is 4.79 Å². The first kappa shape index (κ1) is 14.0. The number of fused-ring (bicyclic) bond motifs is 1. The van der Waals surface area contributed by atoms with Crippen molar-refractivity contribution in [2.45, 2.75) is 19.8 Å². The van der Waals surface area contributed by atoms with Gasteiger partial charge in [0.25, 0.3) is 0 Å². The van der Waals surface area contributed by atoms with Crippen LogP contribution in [0.15, 0.2) is 47.1 Å². The summed E-state index contributed by atoms with van der Waals surface area (Å²) in [6.45, 7) is 2.08. The van der Waals surface area contributed by atoms with Gasteiger partial charge < -0.3 is 4.40 Å². The topological polar surface area (TPSA) is 34.4 Å². The minimum atomic E-state index is 0.496. The lowest BCUT2D eigenvalue weighted by atomic mass is 10.1. The SMILES string of the molecule is Cc1ccc(CCc2nc(C=O)c3cc(Br)ccn23)cc1. The van der Waals surface area contributed by atoms with E-state index in [2.05, 4.69) is 52.1 Å². The number of aromatic nitrogens is 2. The van der Waals surface area contributed by atoms with Crippen LogP contribution in [0, 0.1) is 6.92 Å². The first-order chi connectivity index (χ1) is 10.2. The van der Waals surface area contributed by atoms with E-state index < -0.39 is 0 Å². The van der Waals surface area contributed by atoms with E-state index in [-0.39, 0.29) is 0 Å². The quantitative estimate of drug-likeness (QED) is 0.671. The number of carbonyl (C=O) groups excluding carboxylic acids is 1. The Kier molecular flexibility index (Phi) is 3.88. The third-order valence-electron chi connectivity index (χ3n) is 3.58. The van der Waals surface area contributed by atoms with E-state index in [1.165, 1.54) is 11.1 Å². The van der Waals surface area contributed by atoms with Crippen molar-refractivity contribution in [1.29, 1.82) is 0 Å². The van der Waals surface area contributed by atoms with Gasteiger partial charge in [0.1, 0.15) is 11.5 Å². The summed E-state index contributed by atoms with van der Waals surface area (Å²) in [5.41, 5.74) is 3.88. The van der Waals surface area contributed by atoms with E-state index in [0.717, 1.165) is 34.9 Å². The lowest BCUT2D eigenvalue weighted by Crippen LogP contribution is -1.98. The fraction of sp³-hybridized carbons (Fsp3) is 0.176. The summed E-state index contributed by atoms with van der Waals surface area (Å²) in [6, 6.07) is 12.4. The maximum Gasteiger partial charge on any atom is 0.170 e. The highest BCUT2D eigenvalue weighted by molar-refractivity contribution is 9.10. The predicted octanol–water partition coefficient (Wildman–Crippen LogP) is 4.00. The molecule has 0 aliphatic heterocycles. The first-order valence-electron chi connectivity index (χ1n) is 6.84. The van der Waals surface area contributed by atoms with Crippen LogP contribution in [0.5, 0.6) is 0 Å². The number of imidazole rings is 1. The summed E-state index contributed by atoms with van der Waals surface area (Å²) in [5, 5.41) is 0. The summed E-state index contributed by atoms with van der Waals surface area (Å²) >= 11 is 3.43. The Bertz CT molecular complexity index is 790. The Morgan fingerprint density at radius 3 is 2.67 bits per heavy atom. The zero-order valence-electron chi connectivity index (χ0n) is 11.7. The van der Waals surface area contributed by atoms with Crippen molar-refractivity contribution < 1.29 is 4.79 Å². The predicted molar refractivity (Wildman–Crippen MR) is 86.9 cm³/mol. The Morgan fingerprint density at radius 2 is 1.95 bits per heavy atom. The largest absolute Gasteiger partial charge is 0.303 e. The molecule has 0 aliphatic rings. The Morgan fingerprint density at radius 1 is 1.19 bits per heavy atom. The van der Waals surface area contributed by atoms with Crippen molar-refractivity contribution in [3.63, 3.8) is 0 Å². The monoisotopic (exact) mass is 342 g/mol. The van der Waals surface area contributed by atoms with Gasteiger partial charge >= 0.3 is 0 Å². The number of carbonyl (C=O) groups is 1. The van der Waals surface area contributed by atoms with Gasteiger partial charge in [0.05, 0.1) is 5.52 Å². The summed E-state index contributed by atoms with van der Waals surface area (Å²) < 4.78 is 2.94. The molecule has 0 unspecified atom stereocenters. The Balaban J connectivity index is 1.90. The second-order valence-electron chi connectivity index (χ2n) is 5.12. The second kappa shape index (κ2) is 5.82. The van der Waals surface area contributed by atoms with Crippen LogP contribution in [-0.4, -0.2) is 15.7 Å². The fourth-order valence-corrected chi connectivity index (χ4v) is 2.76. The van der Waals surface area contributed by atoms with Gasteiger partial charge in [-0.1, -0.05) is 45.8 Å². The van der Waals surface area contributed by atoms with Crippen LogP contribution in [0.4, 0.5) is 0 Å². The van der Waals surface area contributed by atoms with Crippen LogP contribution >= 0.6 is 15.9 Å². The van der Waals surface area contributed by atoms with Crippen molar-refractivity contribution in [1.82, 2.24) is 9.38 Å². The summed E-state index contributed by atoms with van der Waals surface area (Å²) in [5.74, 6) is 0.917. The molecule has 2 aromatic heterocycles. The highest BCUT2D eigenvalue weighted by Gasteiger charge is 2.10. The molecule has 0 fully saturated rings. The third-order valence-corrected chi connectivity index (χ3v) is 4.07. The van der Waals surface area contributed by atoms with Gasteiger partial charge in [-0.05, 0) is 31.0 Å². The van der Waals surface area contributed by atoms with Gasteiger partial charge in [-0.25, -0.2) is 4.98 Å². The highest BCUT2D eigenvalue weighted by atomic mass is 79.9. The smallest absolute Gasteiger partial charge is 0.170 e. The van der Waals surface area contributed by atoms with E-state index in [0.29, 0.717) is 5.69 Å². The normalized spacial score (nSPS) is 11.0. The molecule has 0 saturated heterocycles. The number of halogens is 1. The van der Waals surface area contributed by atoms with E-state index in [1.807, 2.05) is 22.7 Å². The van der Waals surface area contributed by atoms with Crippen molar-refractivity contribution in [3.05, 3.63) is 69.7 Å². The molecule has 0 amide bonds. The number of aryl methyl sites for hydroxylation is 3. The molecule has 0 atom stereocenters. The molecule has 106 valence electrons. The van der Waals surface area contributed by atoms with Crippen LogP contribution in [0.3, 0.4) is 0 Å². The number of nitrogens with zero attached hydrogens (tertiary/aromatic N) is 2. The minimum absolute atomic E-state index is 0.496. The number of aldehydes is 1. The van der Waals surface area contributed by atoms with Crippen LogP contribution in [0.25, 0.3) is 5.52 Å². The van der Waals surface area contributed by atoms with Crippen molar-refractivity contribution in [2.24, 2.45) is 0 Å². The van der Waals surface area contributed by atoms with E-state index in [9.17, 15) is 4.79 Å². The number of hydrogen-bond donors (Lipinski definition) is 0. The Hall–Kier alpha value is -1.94. The summed E-state index contributed by atoms with van der Waals surface area (Å²) in [4.78, 5) is 15.6. The van der Waals surface area contributed by atoms with Gasteiger partial charge in [0.15, 0.2) is 6.29 Å². The van der Waals surface area contributed by atoms with Crippen LogP contribution in [0.2, 0.25) is 0 Å².